The Bertz CT molecular complexity index is 1100. The molecular weight excluding hydrogens is 357 g/mol. The molecule has 0 saturated carbocycles. The van der Waals surface area contributed by atoms with Crippen molar-refractivity contribution in [3.63, 3.8) is 0 Å². The fraction of sp³-hybridized carbons (Fsp3) is 0.364. The SMILES string of the molecule is Cn1c(=O)[nH]c2cc(C(=O)N3[C@@H]4CC[C@H]3C[C@@H](c3ccc(F)cc3)C4)ccc21. The Kier molecular flexibility index (Phi) is 3.89. The first kappa shape index (κ1) is 17.2. The summed E-state index contributed by atoms with van der Waals surface area (Å²) < 4.78 is 14.8. The van der Waals surface area contributed by atoms with Crippen molar-refractivity contribution >= 4 is 16.9 Å². The number of hydrogen-bond acceptors (Lipinski definition) is 2. The van der Waals surface area contributed by atoms with Crippen LogP contribution in [0.5, 0.6) is 0 Å². The molecule has 1 amide bonds. The number of carbonyl (C=O) groups excluding carboxylic acids is 1. The Labute approximate surface area is 161 Å². The summed E-state index contributed by atoms with van der Waals surface area (Å²) in [6.45, 7) is 0. The van der Waals surface area contributed by atoms with Crippen LogP contribution in [-0.2, 0) is 7.05 Å². The van der Waals surface area contributed by atoms with Crippen molar-refractivity contribution in [2.75, 3.05) is 0 Å². The predicted octanol–water partition coefficient (Wildman–Crippen LogP) is 3.56. The molecule has 2 aliphatic heterocycles. The van der Waals surface area contributed by atoms with Crippen LogP contribution in [0.3, 0.4) is 0 Å². The van der Waals surface area contributed by atoms with Crippen LogP contribution in [0.4, 0.5) is 4.39 Å². The number of aromatic nitrogens is 2. The third-order valence-corrected chi connectivity index (χ3v) is 6.46. The predicted molar refractivity (Wildman–Crippen MR) is 105 cm³/mol. The van der Waals surface area contributed by atoms with Crippen molar-refractivity contribution in [2.24, 2.45) is 7.05 Å². The first-order chi connectivity index (χ1) is 13.5. The van der Waals surface area contributed by atoms with E-state index in [9.17, 15) is 14.0 Å². The number of H-pyrrole nitrogens is 1. The summed E-state index contributed by atoms with van der Waals surface area (Å²) in [7, 11) is 1.71. The minimum Gasteiger partial charge on any atom is -0.333 e. The van der Waals surface area contributed by atoms with Crippen LogP contribution in [-0.4, -0.2) is 32.4 Å². The minimum absolute atomic E-state index is 0.0386. The van der Waals surface area contributed by atoms with Crippen molar-refractivity contribution in [1.29, 1.82) is 0 Å². The minimum atomic E-state index is -0.214. The smallest absolute Gasteiger partial charge is 0.326 e. The number of amides is 1. The summed E-state index contributed by atoms with van der Waals surface area (Å²) in [5.41, 5.74) is 3.08. The Balaban J connectivity index is 1.41. The van der Waals surface area contributed by atoms with E-state index in [1.807, 2.05) is 29.2 Å². The van der Waals surface area contributed by atoms with Crippen molar-refractivity contribution < 1.29 is 9.18 Å². The van der Waals surface area contributed by atoms with Gasteiger partial charge in [-0.3, -0.25) is 9.36 Å². The Morgan fingerprint density at radius 3 is 2.43 bits per heavy atom. The number of hydrogen-bond donors (Lipinski definition) is 1. The maximum Gasteiger partial charge on any atom is 0.326 e. The molecule has 3 atom stereocenters. The van der Waals surface area contributed by atoms with E-state index in [4.69, 9.17) is 0 Å². The quantitative estimate of drug-likeness (QED) is 0.740. The van der Waals surface area contributed by atoms with Crippen LogP contribution in [0, 0.1) is 5.82 Å². The zero-order chi connectivity index (χ0) is 19.4. The maximum absolute atomic E-state index is 13.3. The molecule has 2 aliphatic rings. The number of nitrogens with one attached hydrogen (secondary N) is 1. The first-order valence-electron chi connectivity index (χ1n) is 9.78. The van der Waals surface area contributed by atoms with Crippen molar-refractivity contribution in [1.82, 2.24) is 14.5 Å². The molecule has 2 saturated heterocycles. The maximum atomic E-state index is 13.3. The van der Waals surface area contributed by atoms with Gasteiger partial charge in [0.2, 0.25) is 0 Å². The highest BCUT2D eigenvalue weighted by Gasteiger charge is 2.43. The van der Waals surface area contributed by atoms with Crippen LogP contribution < -0.4 is 5.69 Å². The lowest BCUT2D eigenvalue weighted by Crippen LogP contribution is -2.46. The third-order valence-electron chi connectivity index (χ3n) is 6.46. The molecular formula is C22H22FN3O2. The molecule has 0 unspecified atom stereocenters. The van der Waals surface area contributed by atoms with Gasteiger partial charge in [0.1, 0.15) is 5.82 Å². The highest BCUT2D eigenvalue weighted by Crippen LogP contribution is 2.43. The number of piperidine rings is 1. The average molecular weight is 379 g/mol. The Hall–Kier alpha value is -2.89. The zero-order valence-electron chi connectivity index (χ0n) is 15.7. The van der Waals surface area contributed by atoms with Gasteiger partial charge in [-0.15, -0.1) is 0 Å². The van der Waals surface area contributed by atoms with E-state index in [1.54, 1.807) is 17.7 Å². The first-order valence-corrected chi connectivity index (χ1v) is 9.78. The number of nitrogens with zero attached hydrogens (tertiary/aromatic N) is 2. The second kappa shape index (κ2) is 6.33. The highest BCUT2D eigenvalue weighted by atomic mass is 19.1. The molecule has 144 valence electrons. The number of rotatable bonds is 2. The molecule has 0 spiro atoms. The van der Waals surface area contributed by atoms with Gasteiger partial charge in [-0.1, -0.05) is 12.1 Å². The lowest BCUT2D eigenvalue weighted by molar-refractivity contribution is 0.0571. The molecule has 5 nitrogen and oxygen atoms in total. The highest BCUT2D eigenvalue weighted by molar-refractivity contribution is 5.98. The van der Waals surface area contributed by atoms with Gasteiger partial charge in [0.05, 0.1) is 11.0 Å². The van der Waals surface area contributed by atoms with E-state index in [1.165, 1.54) is 12.1 Å². The summed E-state index contributed by atoms with van der Waals surface area (Å²) >= 11 is 0. The summed E-state index contributed by atoms with van der Waals surface area (Å²) in [6, 6.07) is 12.6. The van der Waals surface area contributed by atoms with Gasteiger partial charge in [-0.05, 0) is 67.5 Å². The molecule has 2 bridgehead atoms. The molecule has 1 N–H and O–H groups in total. The molecule has 2 fully saturated rings. The van der Waals surface area contributed by atoms with Crippen LogP contribution in [0.2, 0.25) is 0 Å². The monoisotopic (exact) mass is 379 g/mol. The summed E-state index contributed by atoms with van der Waals surface area (Å²) in [4.78, 5) is 29.9. The molecule has 1 aromatic heterocycles. The Morgan fingerprint density at radius 1 is 1.07 bits per heavy atom. The van der Waals surface area contributed by atoms with Gasteiger partial charge in [0.25, 0.3) is 5.91 Å². The van der Waals surface area contributed by atoms with E-state index in [-0.39, 0.29) is 29.5 Å². The number of benzene rings is 2. The largest absolute Gasteiger partial charge is 0.333 e. The second-order valence-electron chi connectivity index (χ2n) is 8.04. The number of imidazole rings is 1. The van der Waals surface area contributed by atoms with Gasteiger partial charge in [-0.25, -0.2) is 9.18 Å². The van der Waals surface area contributed by atoms with Crippen molar-refractivity contribution in [2.45, 2.75) is 43.7 Å². The fourth-order valence-electron chi connectivity index (χ4n) is 5.03. The Morgan fingerprint density at radius 2 is 1.75 bits per heavy atom. The van der Waals surface area contributed by atoms with E-state index >= 15 is 0 Å². The molecule has 0 aliphatic carbocycles. The van der Waals surface area contributed by atoms with Gasteiger partial charge in [0, 0.05) is 24.7 Å². The number of halogens is 1. The molecule has 3 aromatic rings. The molecule has 0 radical (unpaired) electrons. The fourth-order valence-corrected chi connectivity index (χ4v) is 5.03. The summed E-state index contributed by atoms with van der Waals surface area (Å²) in [5.74, 6) is 0.195. The van der Waals surface area contributed by atoms with Gasteiger partial charge in [0.15, 0.2) is 0 Å². The normalized spacial score (nSPS) is 24.1. The van der Waals surface area contributed by atoms with E-state index in [0.29, 0.717) is 17.0 Å². The van der Waals surface area contributed by atoms with E-state index < -0.39 is 0 Å². The average Bonchev–Trinajstić information content (AvgIpc) is 3.13. The van der Waals surface area contributed by atoms with Gasteiger partial charge in [-0.2, -0.15) is 0 Å². The molecule has 2 aromatic carbocycles. The van der Waals surface area contributed by atoms with Crippen LogP contribution >= 0.6 is 0 Å². The zero-order valence-corrected chi connectivity index (χ0v) is 15.7. The van der Waals surface area contributed by atoms with Gasteiger partial charge >= 0.3 is 5.69 Å². The number of aryl methyl sites for hydroxylation is 1. The molecule has 6 heteroatoms. The van der Waals surface area contributed by atoms with E-state index in [2.05, 4.69) is 4.98 Å². The summed E-state index contributed by atoms with van der Waals surface area (Å²) in [5, 5.41) is 0. The number of fused-ring (bicyclic) bond motifs is 3. The summed E-state index contributed by atoms with van der Waals surface area (Å²) in [6.07, 6.45) is 3.85. The van der Waals surface area contributed by atoms with Crippen LogP contribution in [0.1, 0.15) is 47.5 Å². The lowest BCUT2D eigenvalue weighted by atomic mass is 9.85. The van der Waals surface area contributed by atoms with Crippen molar-refractivity contribution in [3.05, 3.63) is 69.9 Å². The molecule has 3 heterocycles. The number of carbonyl (C=O) groups is 1. The van der Waals surface area contributed by atoms with Crippen molar-refractivity contribution in [3.8, 4) is 0 Å². The number of aromatic amines is 1. The molecule has 28 heavy (non-hydrogen) atoms. The topological polar surface area (TPSA) is 58.1 Å². The third kappa shape index (κ3) is 2.66. The standard InChI is InChI=1S/C22H22FN3O2/c1-25-20-9-4-14(12-19(20)24-22(25)28)21(27)26-17-7-8-18(26)11-15(10-17)13-2-5-16(23)6-3-13/h2-6,9,12,15,17-18H,7-8,10-11H2,1H3,(H,24,28)/t15-,17+,18-. The van der Waals surface area contributed by atoms with E-state index in [0.717, 1.165) is 36.8 Å². The van der Waals surface area contributed by atoms with Crippen LogP contribution in [0.15, 0.2) is 47.3 Å². The van der Waals surface area contributed by atoms with Crippen LogP contribution in [0.25, 0.3) is 11.0 Å². The molecule has 5 rings (SSSR count). The second-order valence-corrected chi connectivity index (χ2v) is 8.04. The van der Waals surface area contributed by atoms with Gasteiger partial charge < -0.3 is 9.88 Å². The lowest BCUT2D eigenvalue weighted by Gasteiger charge is -2.39.